The number of anilines is 2. The van der Waals surface area contributed by atoms with E-state index in [4.69, 9.17) is 10.5 Å². The van der Waals surface area contributed by atoms with Crippen molar-refractivity contribution in [2.75, 3.05) is 31.8 Å². The predicted octanol–water partition coefficient (Wildman–Crippen LogP) is 4.36. The topological polar surface area (TPSA) is 153 Å². The lowest BCUT2D eigenvalue weighted by atomic mass is 10.1. The molecule has 3 aromatic heterocycles. The first-order valence-corrected chi connectivity index (χ1v) is 11.6. The Hall–Kier alpha value is -4.88. The molecule has 0 radical (unpaired) electrons. The molecule has 204 valence electrons. The number of amides is 1. The highest BCUT2D eigenvalue weighted by atomic mass is 19.4. The number of halogens is 3. The van der Waals surface area contributed by atoms with E-state index in [1.807, 2.05) is 0 Å². The number of hydrogen-bond acceptors (Lipinski definition) is 9. The van der Waals surface area contributed by atoms with Gasteiger partial charge in [-0.25, -0.2) is 24.7 Å². The molecule has 11 nitrogen and oxygen atoms in total. The number of nitrogens with zero attached hydrogens (tertiary/aromatic N) is 4. The van der Waals surface area contributed by atoms with Crippen LogP contribution in [0.15, 0.2) is 48.8 Å². The van der Waals surface area contributed by atoms with Gasteiger partial charge in [0.25, 0.3) is 0 Å². The van der Waals surface area contributed by atoms with Gasteiger partial charge in [-0.1, -0.05) is 12.1 Å². The smallest absolute Gasteiger partial charge is 0.416 e. The fourth-order valence-electron chi connectivity index (χ4n) is 3.61. The number of carbonyl (C=O) groups excluding carboxylic acids is 1. The van der Waals surface area contributed by atoms with Crippen molar-refractivity contribution in [2.45, 2.75) is 19.1 Å². The molecule has 14 heteroatoms. The summed E-state index contributed by atoms with van der Waals surface area (Å²) in [6.45, 7) is 2.09. The Morgan fingerprint density at radius 2 is 1.85 bits per heavy atom. The summed E-state index contributed by atoms with van der Waals surface area (Å²) in [6.07, 6.45) is -1.98. The van der Waals surface area contributed by atoms with Crippen LogP contribution < -0.4 is 21.1 Å². The van der Waals surface area contributed by atoms with Crippen molar-refractivity contribution in [3.63, 3.8) is 0 Å². The van der Waals surface area contributed by atoms with E-state index < -0.39 is 17.8 Å². The second-order valence-corrected chi connectivity index (χ2v) is 8.38. The number of nitrogens with two attached hydrogens (primary N) is 1. The van der Waals surface area contributed by atoms with E-state index in [1.54, 1.807) is 19.1 Å². The number of alkyl carbamates (subject to hydrolysis) is 1. The van der Waals surface area contributed by atoms with Crippen molar-refractivity contribution in [3.8, 4) is 39.8 Å². The van der Waals surface area contributed by atoms with Crippen LogP contribution in [0.3, 0.4) is 0 Å². The van der Waals surface area contributed by atoms with Crippen LogP contribution in [-0.2, 0) is 10.9 Å². The summed E-state index contributed by atoms with van der Waals surface area (Å²) in [5, 5.41) is 5.68. The van der Waals surface area contributed by atoms with Crippen LogP contribution in [0.5, 0.6) is 5.75 Å². The van der Waals surface area contributed by atoms with Gasteiger partial charge in [-0.15, -0.1) is 0 Å². The number of aromatic nitrogens is 5. The van der Waals surface area contributed by atoms with Crippen molar-refractivity contribution in [2.24, 2.45) is 0 Å². The standard InChI is InChI=1S/C25H25F3N8O3/c1-13(33-24(37)39-3)11-32-23-30-9-8-17(34-23)20-19(15-10-18(38-2)21(29)31-12-15)35-22(36-20)14-4-6-16(7-5-14)25(26,27)28/h4-10,12-13H,11H2,1-3H3,(H2,29,31)(H,33,37)(H,35,36)(H,30,32,34)/t13-/m0/s1. The predicted molar refractivity (Wildman–Crippen MR) is 138 cm³/mol. The van der Waals surface area contributed by atoms with Crippen LogP contribution in [0.1, 0.15) is 12.5 Å². The molecule has 0 saturated carbocycles. The second-order valence-electron chi connectivity index (χ2n) is 8.38. The van der Waals surface area contributed by atoms with Gasteiger partial charge < -0.3 is 30.8 Å². The fourth-order valence-corrected chi connectivity index (χ4v) is 3.61. The zero-order valence-corrected chi connectivity index (χ0v) is 21.1. The molecule has 0 fully saturated rings. The number of ether oxygens (including phenoxy) is 2. The number of alkyl halides is 3. The van der Waals surface area contributed by atoms with Crippen LogP contribution in [0, 0.1) is 0 Å². The number of rotatable bonds is 8. The van der Waals surface area contributed by atoms with Gasteiger partial charge in [0.2, 0.25) is 5.95 Å². The molecule has 4 aromatic rings. The SMILES string of the molecule is COC(=O)N[C@@H](C)CNc1nccc(-c2[nH]c(-c3ccc(C(F)(F)F)cc3)nc2-c2cnc(N)c(OC)c2)n1. The molecule has 0 saturated heterocycles. The van der Waals surface area contributed by atoms with Crippen molar-refractivity contribution >= 4 is 17.9 Å². The third-order valence-corrected chi connectivity index (χ3v) is 5.59. The first-order chi connectivity index (χ1) is 18.6. The third-order valence-electron chi connectivity index (χ3n) is 5.59. The summed E-state index contributed by atoms with van der Waals surface area (Å²) >= 11 is 0. The lowest BCUT2D eigenvalue weighted by molar-refractivity contribution is -0.137. The Bertz CT molecular complexity index is 1460. The van der Waals surface area contributed by atoms with E-state index >= 15 is 0 Å². The van der Waals surface area contributed by atoms with Crippen molar-refractivity contribution in [1.82, 2.24) is 30.2 Å². The molecule has 0 aliphatic heterocycles. The van der Waals surface area contributed by atoms with Crippen LogP contribution >= 0.6 is 0 Å². The number of carbonyl (C=O) groups is 1. The van der Waals surface area contributed by atoms with Gasteiger partial charge in [0, 0.05) is 36.1 Å². The third kappa shape index (κ3) is 6.34. The Morgan fingerprint density at radius 3 is 2.51 bits per heavy atom. The average Bonchev–Trinajstić information content (AvgIpc) is 3.37. The number of nitrogen functional groups attached to an aromatic ring is 1. The van der Waals surface area contributed by atoms with Crippen LogP contribution in [0.2, 0.25) is 0 Å². The van der Waals surface area contributed by atoms with Gasteiger partial charge >= 0.3 is 12.3 Å². The molecule has 1 amide bonds. The minimum atomic E-state index is -4.46. The maximum Gasteiger partial charge on any atom is 0.416 e. The molecule has 39 heavy (non-hydrogen) atoms. The van der Waals surface area contributed by atoms with E-state index in [0.29, 0.717) is 46.3 Å². The monoisotopic (exact) mass is 542 g/mol. The molecule has 0 aliphatic carbocycles. The van der Waals surface area contributed by atoms with Crippen molar-refractivity contribution in [1.29, 1.82) is 0 Å². The lowest BCUT2D eigenvalue weighted by Crippen LogP contribution is -2.37. The Kier molecular flexibility index (Phi) is 7.83. The maximum absolute atomic E-state index is 13.1. The van der Waals surface area contributed by atoms with E-state index in [-0.39, 0.29) is 17.8 Å². The zero-order chi connectivity index (χ0) is 28.2. The summed E-state index contributed by atoms with van der Waals surface area (Å²) in [5.74, 6) is 1.10. The molecule has 5 N–H and O–H groups in total. The summed E-state index contributed by atoms with van der Waals surface area (Å²) in [4.78, 5) is 32.2. The first-order valence-electron chi connectivity index (χ1n) is 11.6. The quantitative estimate of drug-likeness (QED) is 0.254. The Labute approximate surface area is 221 Å². The highest BCUT2D eigenvalue weighted by Crippen LogP contribution is 2.36. The number of aromatic amines is 1. The number of benzene rings is 1. The van der Waals surface area contributed by atoms with E-state index in [1.165, 1.54) is 38.7 Å². The highest BCUT2D eigenvalue weighted by molar-refractivity contribution is 5.81. The van der Waals surface area contributed by atoms with Gasteiger partial charge in [0.05, 0.1) is 31.2 Å². The molecule has 4 rings (SSSR count). The molecule has 0 spiro atoms. The number of methoxy groups -OCH3 is 2. The van der Waals surface area contributed by atoms with E-state index in [0.717, 1.165) is 12.1 Å². The van der Waals surface area contributed by atoms with Gasteiger partial charge in [-0.05, 0) is 31.2 Å². The summed E-state index contributed by atoms with van der Waals surface area (Å²) in [6, 6.07) is 7.66. The first kappa shape index (κ1) is 27.2. The van der Waals surface area contributed by atoms with Gasteiger partial charge in [-0.2, -0.15) is 13.2 Å². The molecular formula is C25H25F3N8O3. The molecule has 3 heterocycles. The highest BCUT2D eigenvalue weighted by Gasteiger charge is 2.30. The Morgan fingerprint density at radius 1 is 1.10 bits per heavy atom. The van der Waals surface area contributed by atoms with Gasteiger partial charge in [0.1, 0.15) is 11.5 Å². The zero-order valence-electron chi connectivity index (χ0n) is 21.1. The average molecular weight is 543 g/mol. The van der Waals surface area contributed by atoms with Gasteiger partial charge in [0.15, 0.2) is 11.6 Å². The van der Waals surface area contributed by atoms with E-state index in [9.17, 15) is 18.0 Å². The number of pyridine rings is 1. The molecule has 1 atom stereocenters. The maximum atomic E-state index is 13.1. The largest absolute Gasteiger partial charge is 0.493 e. The number of hydrogen-bond donors (Lipinski definition) is 4. The molecule has 0 unspecified atom stereocenters. The molecule has 0 bridgehead atoms. The number of nitrogens with one attached hydrogen (secondary N) is 3. The second kappa shape index (κ2) is 11.2. The summed E-state index contributed by atoms with van der Waals surface area (Å²) in [7, 11) is 2.73. The van der Waals surface area contributed by atoms with E-state index in [2.05, 4.69) is 40.3 Å². The minimum Gasteiger partial charge on any atom is -0.493 e. The van der Waals surface area contributed by atoms with Crippen LogP contribution in [0.4, 0.5) is 29.7 Å². The van der Waals surface area contributed by atoms with Crippen molar-refractivity contribution < 1.29 is 27.4 Å². The molecular weight excluding hydrogens is 517 g/mol. The van der Waals surface area contributed by atoms with Crippen LogP contribution in [-0.4, -0.2) is 57.8 Å². The van der Waals surface area contributed by atoms with Gasteiger partial charge in [-0.3, -0.25) is 0 Å². The lowest BCUT2D eigenvalue weighted by Gasteiger charge is -2.14. The normalized spacial score (nSPS) is 12.1. The number of H-pyrrole nitrogens is 1. The Balaban J connectivity index is 1.72. The summed E-state index contributed by atoms with van der Waals surface area (Å²) in [5.41, 5.74) is 7.39. The number of imidazole rings is 1. The summed E-state index contributed by atoms with van der Waals surface area (Å²) < 4.78 is 49.1. The molecule has 0 aliphatic rings. The minimum absolute atomic E-state index is 0.185. The van der Waals surface area contributed by atoms with Crippen LogP contribution in [0.25, 0.3) is 34.0 Å². The fraction of sp³-hybridized carbons (Fsp3) is 0.240. The van der Waals surface area contributed by atoms with Crippen molar-refractivity contribution in [3.05, 3.63) is 54.4 Å². The molecule has 1 aromatic carbocycles.